The quantitative estimate of drug-likeness (QED) is 0.193. The van der Waals surface area contributed by atoms with E-state index in [0.29, 0.717) is 35.2 Å². The first-order valence-corrected chi connectivity index (χ1v) is 14.2. The molecule has 42 heavy (non-hydrogen) atoms. The number of hydrogen-bond donors (Lipinski definition) is 3. The van der Waals surface area contributed by atoms with Crippen LogP contribution in [0.25, 0.3) is 10.9 Å². The molecule has 3 aromatic rings. The Hall–Kier alpha value is -3.12. The molecule has 1 saturated heterocycles. The van der Waals surface area contributed by atoms with Gasteiger partial charge in [-0.15, -0.1) is 0 Å². The van der Waals surface area contributed by atoms with Crippen LogP contribution in [0.5, 0.6) is 5.75 Å². The molecule has 0 saturated carbocycles. The number of ether oxygens (including phenoxy) is 1. The molecular formula is C30H34F6N4OS. The number of alkyl halides is 6. The number of halogens is 6. The number of fused-ring (bicyclic) bond motifs is 1. The van der Waals surface area contributed by atoms with Crippen molar-refractivity contribution in [1.82, 2.24) is 15.6 Å². The average Bonchev–Trinajstić information content (AvgIpc) is 2.92. The van der Waals surface area contributed by atoms with Crippen molar-refractivity contribution in [3.63, 3.8) is 0 Å². The van der Waals surface area contributed by atoms with Gasteiger partial charge in [0.2, 0.25) is 0 Å². The molecule has 228 valence electrons. The summed E-state index contributed by atoms with van der Waals surface area (Å²) in [7, 11) is 1.55. The third-order valence-corrected chi connectivity index (χ3v) is 8.26. The first kappa shape index (κ1) is 31.8. The molecule has 4 unspecified atom stereocenters. The van der Waals surface area contributed by atoms with E-state index >= 15 is 0 Å². The first-order chi connectivity index (χ1) is 19.8. The molecule has 1 aliphatic heterocycles. The van der Waals surface area contributed by atoms with Crippen LogP contribution in [0.4, 0.5) is 32.0 Å². The molecule has 1 fully saturated rings. The van der Waals surface area contributed by atoms with Crippen LogP contribution >= 0.6 is 12.2 Å². The van der Waals surface area contributed by atoms with E-state index < -0.39 is 35.2 Å². The van der Waals surface area contributed by atoms with Gasteiger partial charge in [-0.3, -0.25) is 4.98 Å². The molecule has 0 spiro atoms. The van der Waals surface area contributed by atoms with E-state index in [1.54, 1.807) is 19.4 Å². The smallest absolute Gasteiger partial charge is 0.416 e. The Labute approximate surface area is 246 Å². The van der Waals surface area contributed by atoms with Gasteiger partial charge in [-0.25, -0.2) is 0 Å². The van der Waals surface area contributed by atoms with Crippen LogP contribution in [-0.4, -0.2) is 29.8 Å². The van der Waals surface area contributed by atoms with E-state index in [9.17, 15) is 26.3 Å². The molecule has 3 N–H and O–H groups in total. The van der Waals surface area contributed by atoms with Crippen molar-refractivity contribution >= 4 is 33.9 Å². The van der Waals surface area contributed by atoms with Crippen molar-refractivity contribution in [2.75, 3.05) is 19.0 Å². The molecule has 0 aliphatic carbocycles. The maximum atomic E-state index is 13.4. The fraction of sp³-hybridized carbons (Fsp3) is 0.467. The summed E-state index contributed by atoms with van der Waals surface area (Å²) in [5, 5.41) is 10.1. The van der Waals surface area contributed by atoms with E-state index in [1.165, 1.54) is 0 Å². The Kier molecular flexibility index (Phi) is 9.87. The standard InChI is InChI=1S/C30H34F6N4OS/c1-4-18-5-7-26(38-11-9-17(18)2)27(23-10-12-37-25-8-6-22(41-3)16-24(23)25)40-28(42)39-21-14-19(29(31,32)33)13-20(15-21)30(34,35)36/h6,8,10,12-18,26-27,38H,4-5,7,9,11H2,1-3H3,(H2,39,40,42). The lowest BCUT2D eigenvalue weighted by molar-refractivity contribution is -0.143. The zero-order valence-corrected chi connectivity index (χ0v) is 24.3. The molecule has 5 nitrogen and oxygen atoms in total. The fourth-order valence-corrected chi connectivity index (χ4v) is 5.92. The lowest BCUT2D eigenvalue weighted by Gasteiger charge is -2.35. The van der Waals surface area contributed by atoms with Crippen LogP contribution in [0.2, 0.25) is 0 Å². The van der Waals surface area contributed by atoms with Gasteiger partial charge in [-0.05, 0) is 97.9 Å². The molecule has 1 aromatic heterocycles. The second kappa shape index (κ2) is 13.0. The van der Waals surface area contributed by atoms with Crippen molar-refractivity contribution < 1.29 is 31.1 Å². The Morgan fingerprint density at radius 1 is 1.02 bits per heavy atom. The largest absolute Gasteiger partial charge is 0.497 e. The highest BCUT2D eigenvalue weighted by Gasteiger charge is 2.37. The minimum absolute atomic E-state index is 0.0878. The summed E-state index contributed by atoms with van der Waals surface area (Å²) in [4.78, 5) is 4.46. The monoisotopic (exact) mass is 612 g/mol. The van der Waals surface area contributed by atoms with Gasteiger partial charge in [-0.1, -0.05) is 20.3 Å². The highest BCUT2D eigenvalue weighted by atomic mass is 32.1. The Bertz CT molecular complexity index is 1360. The molecule has 12 heteroatoms. The predicted octanol–water partition coefficient (Wildman–Crippen LogP) is 8.11. The van der Waals surface area contributed by atoms with Crippen molar-refractivity contribution in [3.05, 3.63) is 65.4 Å². The zero-order chi connectivity index (χ0) is 30.7. The molecule has 0 amide bonds. The minimum atomic E-state index is -4.97. The van der Waals surface area contributed by atoms with Crippen molar-refractivity contribution in [3.8, 4) is 5.75 Å². The summed E-state index contributed by atoms with van der Waals surface area (Å²) in [6, 6.07) is 8.01. The molecule has 2 heterocycles. The third kappa shape index (κ3) is 7.63. The normalized spacial score (nSPS) is 20.8. The van der Waals surface area contributed by atoms with Gasteiger partial charge in [0, 0.05) is 23.3 Å². The van der Waals surface area contributed by atoms with Crippen molar-refractivity contribution in [2.45, 2.75) is 64.0 Å². The summed E-state index contributed by atoms with van der Waals surface area (Å²) in [5.74, 6) is 1.69. The first-order valence-electron chi connectivity index (χ1n) is 13.8. The molecule has 0 bridgehead atoms. The van der Waals surface area contributed by atoms with Gasteiger partial charge >= 0.3 is 12.4 Å². The van der Waals surface area contributed by atoms with E-state index in [2.05, 4.69) is 34.8 Å². The van der Waals surface area contributed by atoms with Gasteiger partial charge in [0.1, 0.15) is 5.75 Å². The van der Waals surface area contributed by atoms with E-state index in [1.807, 2.05) is 18.2 Å². The van der Waals surface area contributed by atoms with Crippen molar-refractivity contribution in [1.29, 1.82) is 0 Å². The fourth-order valence-electron chi connectivity index (χ4n) is 5.68. The Morgan fingerprint density at radius 3 is 2.33 bits per heavy atom. The van der Waals surface area contributed by atoms with Gasteiger partial charge in [0.05, 0.1) is 29.8 Å². The molecule has 4 rings (SSSR count). The number of anilines is 1. The SMILES string of the molecule is CCC1CCC(C(NC(=S)Nc2cc(C(F)(F)F)cc(C(F)(F)F)c2)c2ccnc3ccc(OC)cc23)NCCC1C. The summed E-state index contributed by atoms with van der Waals surface area (Å²) in [6.07, 6.45) is -4.54. The topological polar surface area (TPSA) is 58.2 Å². The number of hydrogen-bond acceptors (Lipinski definition) is 4. The van der Waals surface area contributed by atoms with Gasteiger partial charge < -0.3 is 20.7 Å². The lowest BCUT2D eigenvalue weighted by Crippen LogP contribution is -2.47. The second-order valence-electron chi connectivity index (χ2n) is 10.7. The van der Waals surface area contributed by atoms with E-state index in [4.69, 9.17) is 17.0 Å². The third-order valence-electron chi connectivity index (χ3n) is 8.04. The summed E-state index contributed by atoms with van der Waals surface area (Å²) >= 11 is 5.50. The number of nitrogens with one attached hydrogen (secondary N) is 3. The minimum Gasteiger partial charge on any atom is -0.497 e. The number of pyridine rings is 1. The van der Waals surface area contributed by atoms with E-state index in [-0.39, 0.29) is 17.2 Å². The molecule has 4 atom stereocenters. The van der Waals surface area contributed by atoms with Gasteiger partial charge in [0.25, 0.3) is 0 Å². The molecule has 1 aliphatic rings. The molecular weight excluding hydrogens is 578 g/mol. The van der Waals surface area contributed by atoms with Crippen LogP contribution in [-0.2, 0) is 12.4 Å². The van der Waals surface area contributed by atoms with Crippen LogP contribution < -0.4 is 20.7 Å². The number of nitrogens with zero attached hydrogens (tertiary/aromatic N) is 1. The number of benzene rings is 2. The maximum absolute atomic E-state index is 13.4. The maximum Gasteiger partial charge on any atom is 0.416 e. The molecule has 2 aromatic carbocycles. The number of rotatable bonds is 6. The van der Waals surface area contributed by atoms with Crippen LogP contribution in [0.3, 0.4) is 0 Å². The van der Waals surface area contributed by atoms with Crippen LogP contribution in [0, 0.1) is 11.8 Å². The van der Waals surface area contributed by atoms with Crippen LogP contribution in [0.15, 0.2) is 48.7 Å². The number of thiocarbonyl (C=S) groups is 1. The highest BCUT2D eigenvalue weighted by molar-refractivity contribution is 7.80. The zero-order valence-electron chi connectivity index (χ0n) is 23.5. The Balaban J connectivity index is 1.71. The van der Waals surface area contributed by atoms with E-state index in [0.717, 1.165) is 43.2 Å². The summed E-state index contributed by atoms with van der Waals surface area (Å²) < 4.78 is 86.1. The predicted molar refractivity (Wildman–Crippen MR) is 155 cm³/mol. The number of aromatic nitrogens is 1. The summed E-state index contributed by atoms with van der Waals surface area (Å²) in [5.41, 5.74) is -1.74. The average molecular weight is 613 g/mol. The lowest BCUT2D eigenvalue weighted by atomic mass is 9.81. The highest BCUT2D eigenvalue weighted by Crippen LogP contribution is 2.38. The van der Waals surface area contributed by atoms with Crippen LogP contribution in [0.1, 0.15) is 62.3 Å². The second-order valence-corrected chi connectivity index (χ2v) is 11.1. The van der Waals surface area contributed by atoms with Gasteiger partial charge in [0.15, 0.2) is 5.11 Å². The molecule has 0 radical (unpaired) electrons. The van der Waals surface area contributed by atoms with Crippen molar-refractivity contribution in [2.24, 2.45) is 11.8 Å². The number of methoxy groups -OCH3 is 1. The summed E-state index contributed by atoms with van der Waals surface area (Å²) in [6.45, 7) is 5.17. The van der Waals surface area contributed by atoms with Gasteiger partial charge in [-0.2, -0.15) is 26.3 Å². The Morgan fingerprint density at radius 2 is 1.71 bits per heavy atom.